The van der Waals surface area contributed by atoms with Gasteiger partial charge in [0, 0.05) is 6.54 Å². The van der Waals surface area contributed by atoms with Gasteiger partial charge in [0.1, 0.15) is 0 Å². The van der Waals surface area contributed by atoms with Crippen molar-refractivity contribution >= 4 is 19.9 Å². The highest BCUT2D eigenvalue weighted by Gasteiger charge is 1.92. The molecule has 0 aromatic carbocycles. The number of hydrogen-bond donors (Lipinski definition) is 1. The molecule has 0 radical (unpaired) electrons. The number of hydrogen-bond acceptors (Lipinski definition) is 1. The fourth-order valence-electron chi connectivity index (χ4n) is 1.85. The zero-order valence-corrected chi connectivity index (χ0v) is 12.0. The molecule has 2 heteroatoms. The Labute approximate surface area is 103 Å². The molecule has 0 aliphatic rings. The third-order valence-electron chi connectivity index (χ3n) is 2.87. The first kappa shape index (κ1) is 16.0. The van der Waals surface area contributed by atoms with E-state index in [0.717, 1.165) is 6.54 Å². The predicted octanol–water partition coefficient (Wildman–Crippen LogP) is 4.76. The van der Waals surface area contributed by atoms with Crippen molar-refractivity contribution in [2.75, 3.05) is 6.54 Å². The topological polar surface area (TPSA) is 12.0 Å². The van der Waals surface area contributed by atoms with E-state index < -0.39 is 0 Å². The van der Waals surface area contributed by atoms with Crippen LogP contribution in [0.1, 0.15) is 71.1 Å². The summed E-state index contributed by atoms with van der Waals surface area (Å²) in [5.41, 5.74) is 0. The van der Waals surface area contributed by atoms with Gasteiger partial charge >= 0.3 is 0 Å². The van der Waals surface area contributed by atoms with Crippen LogP contribution in [0.15, 0.2) is 0 Å². The smallest absolute Gasteiger partial charge is 0.00322 e. The molecule has 1 N–H and O–H groups in total. The van der Waals surface area contributed by atoms with Gasteiger partial charge in [0.05, 0.1) is 0 Å². The molecule has 0 spiro atoms. The summed E-state index contributed by atoms with van der Waals surface area (Å²) in [6, 6.07) is 0. The SMILES string of the molecule is C=P(=C)NCCCCCCCCCCCC. The standard InChI is InChI=1S/C14H30NP/c1-4-5-6-7-8-9-10-11-12-13-14-15-16(2)3/h15H,2-14H2,1H3. The summed E-state index contributed by atoms with van der Waals surface area (Å²) in [5.74, 6) is 0. The van der Waals surface area contributed by atoms with Gasteiger partial charge in [-0.15, -0.1) is 0 Å². The van der Waals surface area contributed by atoms with Crippen molar-refractivity contribution < 1.29 is 0 Å². The quantitative estimate of drug-likeness (QED) is 0.385. The van der Waals surface area contributed by atoms with Crippen molar-refractivity contribution in [3.05, 3.63) is 0 Å². The second kappa shape index (κ2) is 13.1. The van der Waals surface area contributed by atoms with Gasteiger partial charge in [-0.3, -0.25) is 5.09 Å². The lowest BCUT2D eigenvalue weighted by molar-refractivity contribution is 0.556. The molecular weight excluding hydrogens is 213 g/mol. The van der Waals surface area contributed by atoms with Gasteiger partial charge in [-0.1, -0.05) is 84.6 Å². The van der Waals surface area contributed by atoms with Gasteiger partial charge in [0.2, 0.25) is 0 Å². The van der Waals surface area contributed by atoms with Crippen molar-refractivity contribution in [3.63, 3.8) is 0 Å². The molecule has 0 unspecified atom stereocenters. The lowest BCUT2D eigenvalue weighted by atomic mass is 10.1. The number of nitrogens with one attached hydrogen (secondary N) is 1. The number of rotatable bonds is 12. The summed E-state index contributed by atoms with van der Waals surface area (Å²) >= 11 is 0. The second-order valence-electron chi connectivity index (χ2n) is 4.63. The maximum Gasteiger partial charge on any atom is 0.00322 e. The van der Waals surface area contributed by atoms with E-state index in [-0.39, 0.29) is 7.32 Å². The molecular formula is C14H30NP. The van der Waals surface area contributed by atoms with Crippen LogP contribution in [0.3, 0.4) is 0 Å². The van der Waals surface area contributed by atoms with E-state index in [4.69, 9.17) is 0 Å². The van der Waals surface area contributed by atoms with Crippen molar-refractivity contribution in [3.8, 4) is 0 Å². The summed E-state index contributed by atoms with van der Waals surface area (Å²) in [5, 5.41) is 3.31. The van der Waals surface area contributed by atoms with Crippen LogP contribution in [0.5, 0.6) is 0 Å². The zero-order chi connectivity index (χ0) is 12.1. The van der Waals surface area contributed by atoms with Gasteiger partial charge in [-0.25, -0.2) is 0 Å². The Morgan fingerprint density at radius 3 is 1.62 bits per heavy atom. The van der Waals surface area contributed by atoms with E-state index in [2.05, 4.69) is 24.6 Å². The van der Waals surface area contributed by atoms with Crippen molar-refractivity contribution in [1.29, 1.82) is 0 Å². The molecule has 0 aliphatic carbocycles. The number of unbranched alkanes of at least 4 members (excludes halogenated alkanes) is 9. The van der Waals surface area contributed by atoms with Crippen LogP contribution in [0.4, 0.5) is 0 Å². The highest BCUT2D eigenvalue weighted by Crippen LogP contribution is 2.10. The normalized spacial score (nSPS) is 10.6. The van der Waals surface area contributed by atoms with Gasteiger partial charge in [0.25, 0.3) is 0 Å². The monoisotopic (exact) mass is 243 g/mol. The molecule has 0 rings (SSSR count). The molecule has 0 amide bonds. The second-order valence-corrected chi connectivity index (χ2v) is 6.03. The molecule has 0 aliphatic heterocycles. The molecule has 1 nitrogen and oxygen atoms in total. The first-order chi connectivity index (χ1) is 7.77. The summed E-state index contributed by atoms with van der Waals surface area (Å²) in [4.78, 5) is 0. The van der Waals surface area contributed by atoms with Crippen LogP contribution < -0.4 is 5.09 Å². The average Bonchev–Trinajstić information content (AvgIpc) is 2.25. The molecule has 0 aromatic heterocycles. The van der Waals surface area contributed by atoms with Gasteiger partial charge in [0.15, 0.2) is 0 Å². The minimum absolute atomic E-state index is 0.387. The third kappa shape index (κ3) is 14.0. The maximum atomic E-state index is 3.86. The fraction of sp³-hybridized carbons (Fsp3) is 0.857. The molecule has 0 saturated carbocycles. The van der Waals surface area contributed by atoms with E-state index in [1.54, 1.807) is 0 Å². The van der Waals surface area contributed by atoms with Crippen LogP contribution in [-0.4, -0.2) is 19.1 Å². The van der Waals surface area contributed by atoms with E-state index in [9.17, 15) is 0 Å². The Balaban J connectivity index is 2.93. The van der Waals surface area contributed by atoms with Crippen molar-refractivity contribution in [1.82, 2.24) is 5.09 Å². The lowest BCUT2D eigenvalue weighted by Crippen LogP contribution is -2.02. The molecule has 16 heavy (non-hydrogen) atoms. The fourth-order valence-corrected chi connectivity index (χ4v) is 2.32. The third-order valence-corrected chi connectivity index (χ3v) is 3.54. The van der Waals surface area contributed by atoms with Crippen molar-refractivity contribution in [2.24, 2.45) is 0 Å². The van der Waals surface area contributed by atoms with Crippen LogP contribution in [0.25, 0.3) is 0 Å². The van der Waals surface area contributed by atoms with E-state index in [1.165, 1.54) is 64.2 Å². The molecule has 0 heterocycles. The maximum absolute atomic E-state index is 3.86. The molecule has 0 bridgehead atoms. The molecule has 0 aromatic rings. The van der Waals surface area contributed by atoms with Crippen molar-refractivity contribution in [2.45, 2.75) is 71.1 Å². The Morgan fingerprint density at radius 2 is 1.19 bits per heavy atom. The Bertz CT molecular complexity index is 189. The first-order valence-corrected chi connectivity index (χ1v) is 8.63. The van der Waals surface area contributed by atoms with Crippen LogP contribution in [-0.2, 0) is 0 Å². The summed E-state index contributed by atoms with van der Waals surface area (Å²) < 4.78 is 0. The van der Waals surface area contributed by atoms with E-state index >= 15 is 0 Å². The van der Waals surface area contributed by atoms with E-state index in [0.29, 0.717) is 0 Å². The van der Waals surface area contributed by atoms with Crippen LogP contribution in [0.2, 0.25) is 0 Å². The molecule has 0 atom stereocenters. The lowest BCUT2D eigenvalue weighted by Gasteiger charge is -2.02. The molecule has 96 valence electrons. The Hall–Kier alpha value is -0.0000000000000000208. The van der Waals surface area contributed by atoms with Gasteiger partial charge in [-0.2, -0.15) is 0 Å². The average molecular weight is 243 g/mol. The Kier molecular flexibility index (Phi) is 13.1. The molecule has 0 fully saturated rings. The minimum atomic E-state index is -0.387. The highest BCUT2D eigenvalue weighted by atomic mass is 31.1. The molecule has 0 saturated heterocycles. The predicted molar refractivity (Wildman–Crippen MR) is 81.0 cm³/mol. The summed E-state index contributed by atoms with van der Waals surface area (Å²) in [6.07, 6.45) is 21.8. The zero-order valence-electron chi connectivity index (χ0n) is 11.1. The Morgan fingerprint density at radius 1 is 0.750 bits per heavy atom. The largest absolute Gasteiger partial charge is 0.276 e. The minimum Gasteiger partial charge on any atom is -0.276 e. The van der Waals surface area contributed by atoms with Crippen LogP contribution >= 0.6 is 7.32 Å². The van der Waals surface area contributed by atoms with E-state index in [1.807, 2.05) is 0 Å². The highest BCUT2D eigenvalue weighted by molar-refractivity contribution is 7.51. The summed E-state index contributed by atoms with van der Waals surface area (Å²) in [6.45, 7) is 3.38. The van der Waals surface area contributed by atoms with Gasteiger partial charge in [-0.05, 0) is 6.42 Å². The summed E-state index contributed by atoms with van der Waals surface area (Å²) in [7, 11) is -0.387. The first-order valence-electron chi connectivity index (χ1n) is 6.92. The van der Waals surface area contributed by atoms with Gasteiger partial charge < -0.3 is 0 Å². The van der Waals surface area contributed by atoms with Crippen LogP contribution in [0, 0.1) is 0 Å².